The maximum Gasteiger partial charge on any atom is 0.150 e. The summed E-state index contributed by atoms with van der Waals surface area (Å²) in [5, 5.41) is 0. The highest BCUT2D eigenvalue weighted by Crippen LogP contribution is 2.01. The van der Waals surface area contributed by atoms with Gasteiger partial charge in [0, 0.05) is 17.6 Å². The Hall–Kier alpha value is -1.15. The Morgan fingerprint density at radius 2 is 2.42 bits per heavy atom. The average Bonchev–Trinajstić information content (AvgIpc) is 2.15. The van der Waals surface area contributed by atoms with Gasteiger partial charge < -0.3 is 0 Å². The quantitative estimate of drug-likeness (QED) is 0.528. The fourth-order valence-corrected chi connectivity index (χ4v) is 0.884. The van der Waals surface area contributed by atoms with Crippen LogP contribution in [0.25, 0.3) is 6.08 Å². The van der Waals surface area contributed by atoms with Crippen LogP contribution in [0, 0.1) is 0 Å². The second-order valence-electron chi connectivity index (χ2n) is 2.19. The third kappa shape index (κ3) is 2.47. The van der Waals surface area contributed by atoms with Crippen LogP contribution in [-0.2, 0) is 0 Å². The molecule has 2 nitrogen and oxygen atoms in total. The zero-order chi connectivity index (χ0) is 8.81. The molecule has 0 saturated carbocycles. The molecule has 0 bridgehead atoms. The lowest BCUT2D eigenvalue weighted by molar-refractivity contribution is 0.112. The first-order chi connectivity index (χ1) is 5.86. The summed E-state index contributed by atoms with van der Waals surface area (Å²) in [6.07, 6.45) is 5.94. The zero-order valence-electron chi connectivity index (χ0n) is 6.40. The zero-order valence-corrected chi connectivity index (χ0v) is 7.16. The van der Waals surface area contributed by atoms with E-state index in [0.29, 0.717) is 11.4 Å². The first kappa shape index (κ1) is 8.94. The van der Waals surface area contributed by atoms with E-state index in [-0.39, 0.29) is 0 Å². The van der Waals surface area contributed by atoms with Crippen LogP contribution in [-0.4, -0.2) is 17.2 Å². The molecule has 62 valence electrons. The summed E-state index contributed by atoms with van der Waals surface area (Å²) in [7, 11) is 0. The van der Waals surface area contributed by atoms with Crippen LogP contribution in [0.15, 0.2) is 24.4 Å². The molecule has 0 atom stereocenters. The van der Waals surface area contributed by atoms with Crippen LogP contribution in [0.3, 0.4) is 0 Å². The van der Waals surface area contributed by atoms with Crippen molar-refractivity contribution in [1.82, 2.24) is 4.98 Å². The van der Waals surface area contributed by atoms with Gasteiger partial charge in [-0.3, -0.25) is 9.78 Å². The van der Waals surface area contributed by atoms with E-state index in [2.05, 4.69) is 4.98 Å². The number of nitrogens with zero attached hydrogens (tertiary/aromatic N) is 1. The fraction of sp³-hybridized carbons (Fsp3) is 0.111. The van der Waals surface area contributed by atoms with Crippen molar-refractivity contribution in [3.63, 3.8) is 0 Å². The van der Waals surface area contributed by atoms with Crippen LogP contribution in [0.2, 0.25) is 0 Å². The number of hydrogen-bond acceptors (Lipinski definition) is 2. The van der Waals surface area contributed by atoms with E-state index in [1.807, 2.05) is 0 Å². The summed E-state index contributed by atoms with van der Waals surface area (Å²) in [6, 6.07) is 3.36. The topological polar surface area (TPSA) is 30.0 Å². The van der Waals surface area contributed by atoms with Crippen molar-refractivity contribution < 1.29 is 4.79 Å². The monoisotopic (exact) mass is 181 g/mol. The number of pyridine rings is 1. The number of alkyl halides is 1. The van der Waals surface area contributed by atoms with Crippen LogP contribution >= 0.6 is 11.6 Å². The number of rotatable bonds is 3. The molecule has 1 aromatic heterocycles. The minimum atomic E-state index is 0.451. The van der Waals surface area contributed by atoms with E-state index in [9.17, 15) is 4.79 Å². The molecule has 0 fully saturated rings. The van der Waals surface area contributed by atoms with E-state index in [1.54, 1.807) is 30.5 Å². The lowest BCUT2D eigenvalue weighted by Crippen LogP contribution is -1.84. The van der Waals surface area contributed by atoms with Gasteiger partial charge in [-0.05, 0) is 18.2 Å². The van der Waals surface area contributed by atoms with Crippen molar-refractivity contribution in [3.05, 3.63) is 35.7 Å². The third-order valence-corrected chi connectivity index (χ3v) is 1.50. The Morgan fingerprint density at radius 3 is 3.08 bits per heavy atom. The SMILES string of the molecule is O=Cc1ccnc(C=CCCl)c1. The molecule has 0 aromatic carbocycles. The van der Waals surface area contributed by atoms with E-state index in [1.165, 1.54) is 0 Å². The molecule has 0 amide bonds. The van der Waals surface area contributed by atoms with Crippen LogP contribution in [0.4, 0.5) is 0 Å². The maximum absolute atomic E-state index is 10.4. The molecule has 0 spiro atoms. The average molecular weight is 182 g/mol. The molecule has 3 heteroatoms. The van der Waals surface area contributed by atoms with Gasteiger partial charge in [-0.25, -0.2) is 0 Å². The molecule has 0 aliphatic heterocycles. The first-order valence-corrected chi connectivity index (χ1v) is 4.04. The largest absolute Gasteiger partial charge is 0.298 e. The number of hydrogen-bond donors (Lipinski definition) is 0. The normalized spacial score (nSPS) is 10.4. The molecule has 0 saturated heterocycles. The maximum atomic E-state index is 10.4. The lowest BCUT2D eigenvalue weighted by Gasteiger charge is -1.92. The highest BCUT2D eigenvalue weighted by atomic mass is 35.5. The van der Waals surface area contributed by atoms with Gasteiger partial charge in [0.2, 0.25) is 0 Å². The van der Waals surface area contributed by atoms with Crippen molar-refractivity contribution in [1.29, 1.82) is 0 Å². The van der Waals surface area contributed by atoms with Gasteiger partial charge in [0.1, 0.15) is 6.29 Å². The van der Waals surface area contributed by atoms with Gasteiger partial charge in [0.25, 0.3) is 0 Å². The number of halogens is 1. The summed E-state index contributed by atoms with van der Waals surface area (Å²) in [5.41, 5.74) is 1.37. The molecule has 0 aliphatic rings. The van der Waals surface area contributed by atoms with Gasteiger partial charge in [0.05, 0.1) is 5.69 Å². The molecule has 1 heterocycles. The minimum Gasteiger partial charge on any atom is -0.298 e. The Morgan fingerprint density at radius 1 is 1.58 bits per heavy atom. The Bertz CT molecular complexity index is 296. The number of carbonyl (C=O) groups excluding carboxylic acids is 1. The lowest BCUT2D eigenvalue weighted by atomic mass is 10.2. The van der Waals surface area contributed by atoms with Crippen molar-refractivity contribution >= 4 is 24.0 Å². The number of allylic oxidation sites excluding steroid dienone is 1. The highest BCUT2D eigenvalue weighted by molar-refractivity contribution is 6.19. The van der Waals surface area contributed by atoms with Gasteiger partial charge in [-0.1, -0.05) is 6.08 Å². The highest BCUT2D eigenvalue weighted by Gasteiger charge is 1.90. The standard InChI is InChI=1S/C9H8ClNO/c10-4-1-2-9-6-8(7-12)3-5-11-9/h1-3,5-7H,4H2. The summed E-state index contributed by atoms with van der Waals surface area (Å²) in [6.45, 7) is 0. The summed E-state index contributed by atoms with van der Waals surface area (Å²) >= 11 is 5.44. The second-order valence-corrected chi connectivity index (χ2v) is 2.50. The van der Waals surface area contributed by atoms with Crippen molar-refractivity contribution in [2.75, 3.05) is 5.88 Å². The molecule has 12 heavy (non-hydrogen) atoms. The Balaban J connectivity index is 2.86. The number of aldehydes is 1. The van der Waals surface area contributed by atoms with E-state index < -0.39 is 0 Å². The molecule has 1 rings (SSSR count). The van der Waals surface area contributed by atoms with E-state index in [4.69, 9.17) is 11.6 Å². The van der Waals surface area contributed by atoms with Gasteiger partial charge in [0.15, 0.2) is 0 Å². The van der Waals surface area contributed by atoms with Crippen molar-refractivity contribution in [2.24, 2.45) is 0 Å². The molecular weight excluding hydrogens is 174 g/mol. The molecule has 0 radical (unpaired) electrons. The number of carbonyl (C=O) groups is 1. The van der Waals surface area contributed by atoms with Crippen LogP contribution in [0.5, 0.6) is 0 Å². The van der Waals surface area contributed by atoms with Crippen molar-refractivity contribution in [2.45, 2.75) is 0 Å². The predicted molar refractivity (Wildman–Crippen MR) is 49.4 cm³/mol. The van der Waals surface area contributed by atoms with Crippen molar-refractivity contribution in [3.8, 4) is 0 Å². The summed E-state index contributed by atoms with van der Waals surface area (Å²) in [4.78, 5) is 14.4. The molecule has 0 N–H and O–H groups in total. The summed E-state index contributed by atoms with van der Waals surface area (Å²) in [5.74, 6) is 0.451. The molecular formula is C9H8ClNO. The minimum absolute atomic E-state index is 0.451. The smallest absolute Gasteiger partial charge is 0.150 e. The second kappa shape index (κ2) is 4.67. The van der Waals surface area contributed by atoms with E-state index >= 15 is 0 Å². The van der Waals surface area contributed by atoms with E-state index in [0.717, 1.165) is 12.0 Å². The Kier molecular flexibility index (Phi) is 3.48. The molecule has 1 aromatic rings. The Labute approximate surface area is 75.9 Å². The summed E-state index contributed by atoms with van der Waals surface area (Å²) < 4.78 is 0. The fourth-order valence-electron chi connectivity index (χ4n) is 0.795. The first-order valence-electron chi connectivity index (χ1n) is 3.50. The van der Waals surface area contributed by atoms with Crippen LogP contribution in [0.1, 0.15) is 16.1 Å². The number of aromatic nitrogens is 1. The molecule has 0 unspecified atom stereocenters. The van der Waals surface area contributed by atoms with Gasteiger partial charge >= 0.3 is 0 Å². The third-order valence-electron chi connectivity index (χ3n) is 1.32. The van der Waals surface area contributed by atoms with Gasteiger partial charge in [-0.2, -0.15) is 0 Å². The molecule has 0 aliphatic carbocycles. The predicted octanol–water partition coefficient (Wildman–Crippen LogP) is 2.15. The van der Waals surface area contributed by atoms with Crippen LogP contribution < -0.4 is 0 Å². The van der Waals surface area contributed by atoms with Gasteiger partial charge in [-0.15, -0.1) is 11.6 Å².